The number of methoxy groups -OCH3 is 1. The van der Waals surface area contributed by atoms with Gasteiger partial charge in [0.05, 0.1) is 7.11 Å². The summed E-state index contributed by atoms with van der Waals surface area (Å²) in [5, 5.41) is 2.71. The Morgan fingerprint density at radius 1 is 1.41 bits per heavy atom. The van der Waals surface area contributed by atoms with Gasteiger partial charge in [-0.25, -0.2) is 4.79 Å². The minimum Gasteiger partial charge on any atom is -1.00 e. The molecule has 118 valence electrons. The molecule has 0 saturated carbocycles. The number of rotatable bonds is 3. The van der Waals surface area contributed by atoms with Gasteiger partial charge in [-0.1, -0.05) is 29.8 Å². The van der Waals surface area contributed by atoms with Crippen molar-refractivity contribution in [2.24, 2.45) is 0 Å². The molecule has 2 heterocycles. The molecule has 2 aromatic rings. The van der Waals surface area contributed by atoms with Crippen LogP contribution in [0.4, 0.5) is 0 Å². The van der Waals surface area contributed by atoms with Crippen molar-refractivity contribution in [3.8, 4) is 0 Å². The van der Waals surface area contributed by atoms with Gasteiger partial charge in [0, 0.05) is 23.0 Å². The van der Waals surface area contributed by atoms with Crippen LogP contribution in [0.2, 0.25) is 5.02 Å². The summed E-state index contributed by atoms with van der Waals surface area (Å²) in [6, 6.07) is 9.16. The third kappa shape index (κ3) is 3.30. The topological polar surface area (TPSA) is 29.5 Å². The number of ether oxygens (including phenoxy) is 1. The monoisotopic (exact) mass is 357 g/mol. The number of benzene rings is 1. The summed E-state index contributed by atoms with van der Waals surface area (Å²) in [6.45, 7) is 1.59. The Labute approximate surface area is 146 Å². The van der Waals surface area contributed by atoms with Crippen molar-refractivity contribution in [2.45, 2.75) is 19.0 Å². The van der Waals surface area contributed by atoms with Crippen LogP contribution >= 0.6 is 22.9 Å². The smallest absolute Gasteiger partial charge is 1.00 e. The highest BCUT2D eigenvalue weighted by Crippen LogP contribution is 2.33. The van der Waals surface area contributed by atoms with Crippen LogP contribution in [0.3, 0.4) is 0 Å². The quantitative estimate of drug-likeness (QED) is 0.760. The molecular formula is C16H17Cl2NO2S. The molecule has 0 spiro atoms. The lowest BCUT2D eigenvalue weighted by Gasteiger charge is -2.33. The largest absolute Gasteiger partial charge is 1.00 e. The minimum atomic E-state index is -0.447. The number of thiophene rings is 1. The molecule has 22 heavy (non-hydrogen) atoms. The van der Waals surface area contributed by atoms with Gasteiger partial charge in [0.2, 0.25) is 0 Å². The molecule has 0 bridgehead atoms. The molecular weight excluding hydrogens is 341 g/mol. The summed E-state index contributed by atoms with van der Waals surface area (Å²) in [5.74, 6) is -0.262. The first-order valence-electron chi connectivity index (χ1n) is 6.82. The van der Waals surface area contributed by atoms with E-state index in [1.165, 1.54) is 17.6 Å². The van der Waals surface area contributed by atoms with Crippen LogP contribution in [-0.2, 0) is 22.5 Å². The Kier molecular flexibility index (Phi) is 5.87. The number of hydrogen-bond acceptors (Lipinski definition) is 4. The second kappa shape index (κ2) is 7.47. The maximum absolute atomic E-state index is 12.3. The van der Waals surface area contributed by atoms with Crippen LogP contribution in [0.25, 0.3) is 0 Å². The first kappa shape index (κ1) is 17.3. The van der Waals surface area contributed by atoms with Crippen LogP contribution in [0, 0.1) is 0 Å². The second-order valence-corrected chi connectivity index (χ2v) is 6.44. The van der Waals surface area contributed by atoms with Gasteiger partial charge in [0.25, 0.3) is 0 Å². The van der Waals surface area contributed by atoms with E-state index in [0.29, 0.717) is 5.02 Å². The molecule has 1 aromatic heterocycles. The molecule has 1 aliphatic rings. The van der Waals surface area contributed by atoms with Gasteiger partial charge in [0.1, 0.15) is 6.04 Å². The Morgan fingerprint density at radius 2 is 2.18 bits per heavy atom. The summed E-state index contributed by atoms with van der Waals surface area (Å²) in [7, 11) is 1.42. The number of carbonyl (C=O) groups is 1. The molecule has 0 aliphatic carbocycles. The third-order valence-corrected chi connectivity index (χ3v) is 5.19. The molecule has 0 unspecified atom stereocenters. The van der Waals surface area contributed by atoms with Crippen LogP contribution < -0.4 is 12.4 Å². The van der Waals surface area contributed by atoms with Gasteiger partial charge in [0.15, 0.2) is 0 Å². The van der Waals surface area contributed by atoms with E-state index in [4.69, 9.17) is 16.3 Å². The average molecular weight is 358 g/mol. The number of esters is 1. The lowest BCUT2D eigenvalue weighted by molar-refractivity contribution is -0.147. The number of hydrogen-bond donors (Lipinski definition) is 0. The summed E-state index contributed by atoms with van der Waals surface area (Å²) < 4.78 is 5.01. The molecule has 6 heteroatoms. The van der Waals surface area contributed by atoms with Gasteiger partial charge < -0.3 is 17.1 Å². The van der Waals surface area contributed by atoms with Crippen molar-refractivity contribution in [3.63, 3.8) is 0 Å². The first-order chi connectivity index (χ1) is 10.2. The van der Waals surface area contributed by atoms with Gasteiger partial charge in [-0.05, 0) is 35.1 Å². The van der Waals surface area contributed by atoms with Crippen LogP contribution in [0.5, 0.6) is 0 Å². The third-order valence-electron chi connectivity index (χ3n) is 3.83. The van der Waals surface area contributed by atoms with Crippen LogP contribution in [-0.4, -0.2) is 24.5 Å². The van der Waals surface area contributed by atoms with Crippen molar-refractivity contribution in [3.05, 3.63) is 56.7 Å². The van der Waals surface area contributed by atoms with Gasteiger partial charge in [-0.3, -0.25) is 4.90 Å². The number of carbonyl (C=O) groups excluding carboxylic acids is 1. The van der Waals surface area contributed by atoms with E-state index < -0.39 is 6.04 Å². The van der Waals surface area contributed by atoms with Crippen molar-refractivity contribution >= 4 is 28.9 Å². The number of fused-ring (bicyclic) bond motifs is 1. The van der Waals surface area contributed by atoms with Gasteiger partial charge in [-0.15, -0.1) is 11.3 Å². The zero-order chi connectivity index (χ0) is 14.8. The average Bonchev–Trinajstić information content (AvgIpc) is 2.97. The molecule has 3 nitrogen and oxygen atoms in total. The fourth-order valence-electron chi connectivity index (χ4n) is 2.77. The lowest BCUT2D eigenvalue weighted by Crippen LogP contribution is -3.00. The number of halogens is 2. The Bertz CT molecular complexity index is 665. The van der Waals surface area contributed by atoms with Gasteiger partial charge in [-0.2, -0.15) is 0 Å². The molecule has 1 atom stereocenters. The molecule has 3 rings (SSSR count). The highest BCUT2D eigenvalue weighted by molar-refractivity contribution is 7.10. The maximum Gasteiger partial charge on any atom is 1.00 e. The van der Waals surface area contributed by atoms with Gasteiger partial charge >= 0.3 is 7.40 Å². The Hall–Kier alpha value is -1.07. The lowest BCUT2D eigenvalue weighted by atomic mass is 10.0. The normalized spacial score (nSPS) is 15.5. The van der Waals surface area contributed by atoms with Crippen molar-refractivity contribution < 1.29 is 23.4 Å². The standard InChI is InChI=1S/C16H16ClNO2S.ClH/c1-20-16(19)15(12-4-2-3-5-13(12)17)18-8-6-14-11(10-18)7-9-21-14;/h2-5,7,9,15H,6,8,10H2,1H3;1H/t15-;/m0./s1. The zero-order valence-electron chi connectivity index (χ0n) is 13.1. The summed E-state index contributed by atoms with van der Waals surface area (Å²) in [5.41, 5.74) is 2.11. The molecule has 1 aliphatic heterocycles. The summed E-state index contributed by atoms with van der Waals surface area (Å²) in [4.78, 5) is 15.8. The van der Waals surface area contributed by atoms with E-state index in [9.17, 15) is 4.79 Å². The van der Waals surface area contributed by atoms with E-state index in [0.717, 1.165) is 25.1 Å². The Morgan fingerprint density at radius 3 is 2.91 bits per heavy atom. The molecule has 0 saturated heterocycles. The summed E-state index contributed by atoms with van der Waals surface area (Å²) in [6.07, 6.45) is 0.963. The molecule has 0 amide bonds. The molecule has 0 radical (unpaired) electrons. The first-order valence-corrected chi connectivity index (χ1v) is 8.08. The molecule has 1 aromatic carbocycles. The van der Waals surface area contributed by atoms with Crippen LogP contribution in [0.1, 0.15) is 23.5 Å². The fraction of sp³-hybridized carbons (Fsp3) is 0.312. The number of nitrogens with zero attached hydrogens (tertiary/aromatic N) is 1. The molecule has 0 fully saturated rings. The summed E-state index contributed by atoms with van der Waals surface area (Å²) >= 11 is 8.07. The molecule has 0 N–H and O–H groups in total. The van der Waals surface area contributed by atoms with Crippen molar-refractivity contribution in [1.29, 1.82) is 0 Å². The zero-order valence-corrected chi connectivity index (χ0v) is 14.4. The predicted octanol–water partition coefficient (Wildman–Crippen LogP) is 0.790. The highest BCUT2D eigenvalue weighted by atomic mass is 35.5. The Balaban J connectivity index is 0.00000132. The van der Waals surface area contributed by atoms with E-state index in [1.54, 1.807) is 11.3 Å². The highest BCUT2D eigenvalue weighted by Gasteiger charge is 2.32. The maximum atomic E-state index is 12.3. The van der Waals surface area contributed by atoms with Crippen molar-refractivity contribution in [1.82, 2.24) is 4.90 Å². The SMILES string of the molecule is COC(=O)[C@H](c1ccccc1Cl)N1CCc2sccc2C1.[Cl-].[H+]. The van der Waals surface area contributed by atoms with E-state index in [2.05, 4.69) is 16.3 Å². The van der Waals surface area contributed by atoms with E-state index in [1.807, 2.05) is 24.3 Å². The van der Waals surface area contributed by atoms with E-state index in [-0.39, 0.29) is 19.8 Å². The van der Waals surface area contributed by atoms with Crippen molar-refractivity contribution in [2.75, 3.05) is 13.7 Å². The minimum absolute atomic E-state index is 0. The fourth-order valence-corrected chi connectivity index (χ4v) is 3.90. The van der Waals surface area contributed by atoms with Crippen LogP contribution in [0.15, 0.2) is 35.7 Å². The predicted molar refractivity (Wildman–Crippen MR) is 85.8 cm³/mol. The second-order valence-electron chi connectivity index (χ2n) is 5.04. The van der Waals surface area contributed by atoms with E-state index >= 15 is 0 Å².